The summed E-state index contributed by atoms with van der Waals surface area (Å²) in [5, 5.41) is 10.5. The van der Waals surface area contributed by atoms with E-state index in [-0.39, 0.29) is 18.6 Å². The Hall–Kier alpha value is -2.59. The quantitative estimate of drug-likeness (QED) is 0.722. The normalized spacial score (nSPS) is 12.3. The van der Waals surface area contributed by atoms with Gasteiger partial charge in [-0.05, 0) is 30.0 Å². The van der Waals surface area contributed by atoms with E-state index in [1.807, 2.05) is 55.7 Å². The number of amides is 1. The highest BCUT2D eigenvalue weighted by molar-refractivity contribution is 5.90. The molecule has 2 N–H and O–H groups in total. The number of carbonyl (C=O) groups excluding carboxylic acids is 1. The van der Waals surface area contributed by atoms with E-state index < -0.39 is 0 Å². The summed E-state index contributed by atoms with van der Waals surface area (Å²) in [5.41, 5.74) is 4.31. The first-order chi connectivity index (χ1) is 12.1. The molecule has 25 heavy (non-hydrogen) atoms. The van der Waals surface area contributed by atoms with Crippen molar-refractivity contribution in [2.75, 3.05) is 13.7 Å². The number of H-pyrrole nitrogens is 1. The number of carbonyl (C=O) groups is 1. The lowest BCUT2D eigenvalue weighted by Crippen LogP contribution is -2.33. The van der Waals surface area contributed by atoms with E-state index in [4.69, 9.17) is 0 Å². The molecule has 130 valence electrons. The van der Waals surface area contributed by atoms with Crippen LogP contribution >= 0.6 is 0 Å². The lowest BCUT2D eigenvalue weighted by molar-refractivity contribution is -0.131. The predicted octanol–water partition coefficient (Wildman–Crippen LogP) is 3.60. The number of aromatic nitrogens is 1. The summed E-state index contributed by atoms with van der Waals surface area (Å²) in [5.74, 6) is 0.0460. The molecule has 0 fully saturated rings. The maximum atomic E-state index is 12.9. The van der Waals surface area contributed by atoms with E-state index in [0.29, 0.717) is 12.8 Å². The van der Waals surface area contributed by atoms with Gasteiger partial charge in [-0.15, -0.1) is 0 Å². The Morgan fingerprint density at radius 1 is 1.16 bits per heavy atom. The van der Waals surface area contributed by atoms with Crippen molar-refractivity contribution in [3.8, 4) is 0 Å². The molecule has 1 heterocycles. The monoisotopic (exact) mass is 336 g/mol. The zero-order valence-electron chi connectivity index (χ0n) is 14.7. The van der Waals surface area contributed by atoms with Gasteiger partial charge in [0, 0.05) is 30.8 Å². The third-order valence-corrected chi connectivity index (χ3v) is 4.80. The van der Waals surface area contributed by atoms with Crippen LogP contribution in [0.3, 0.4) is 0 Å². The number of aryl methyl sites for hydroxylation is 1. The van der Waals surface area contributed by atoms with Crippen LogP contribution in [-0.2, 0) is 11.2 Å². The Morgan fingerprint density at radius 2 is 1.92 bits per heavy atom. The van der Waals surface area contributed by atoms with Gasteiger partial charge in [0.2, 0.25) is 5.91 Å². The molecule has 0 saturated heterocycles. The first-order valence-electron chi connectivity index (χ1n) is 8.59. The van der Waals surface area contributed by atoms with Crippen molar-refractivity contribution in [1.82, 2.24) is 9.88 Å². The molecule has 0 aliphatic heterocycles. The van der Waals surface area contributed by atoms with Gasteiger partial charge in [-0.25, -0.2) is 0 Å². The number of benzene rings is 2. The molecule has 3 rings (SSSR count). The topological polar surface area (TPSA) is 56.3 Å². The third-order valence-electron chi connectivity index (χ3n) is 4.80. The van der Waals surface area contributed by atoms with Gasteiger partial charge in [-0.1, -0.05) is 48.5 Å². The van der Waals surface area contributed by atoms with Crippen LogP contribution in [0.25, 0.3) is 10.9 Å². The van der Waals surface area contributed by atoms with E-state index in [9.17, 15) is 9.90 Å². The van der Waals surface area contributed by atoms with Crippen LogP contribution in [0.5, 0.6) is 0 Å². The van der Waals surface area contributed by atoms with Crippen LogP contribution in [0.1, 0.15) is 29.2 Å². The minimum atomic E-state index is -0.120. The summed E-state index contributed by atoms with van der Waals surface area (Å²) in [6.07, 6.45) is 2.79. The third kappa shape index (κ3) is 3.59. The summed E-state index contributed by atoms with van der Waals surface area (Å²) in [7, 11) is 1.82. The molecular weight excluding hydrogens is 312 g/mol. The van der Waals surface area contributed by atoms with E-state index in [1.165, 1.54) is 5.56 Å². The van der Waals surface area contributed by atoms with Gasteiger partial charge in [-0.2, -0.15) is 0 Å². The molecule has 0 aliphatic rings. The largest absolute Gasteiger partial charge is 0.396 e. The molecule has 4 nitrogen and oxygen atoms in total. The standard InChI is InChI=1S/C21H24N2O2/c1-15-7-6-10-18-17(14-22-21(15)18)13-20(25)23(2)19(11-12-24)16-8-4-3-5-9-16/h3-10,14,19,22,24H,11-13H2,1-2H3. The second-order valence-corrected chi connectivity index (χ2v) is 6.43. The lowest BCUT2D eigenvalue weighted by atomic mass is 10.0. The average molecular weight is 336 g/mol. The molecule has 0 radical (unpaired) electrons. The number of aromatic amines is 1. The molecule has 1 aromatic heterocycles. The fourth-order valence-electron chi connectivity index (χ4n) is 3.35. The van der Waals surface area contributed by atoms with Crippen LogP contribution < -0.4 is 0 Å². The number of hydrogen-bond donors (Lipinski definition) is 2. The van der Waals surface area contributed by atoms with Crippen molar-refractivity contribution in [3.05, 3.63) is 71.4 Å². The number of rotatable bonds is 6. The molecule has 4 heteroatoms. The highest BCUT2D eigenvalue weighted by Crippen LogP contribution is 2.26. The second kappa shape index (κ2) is 7.53. The van der Waals surface area contributed by atoms with Crippen molar-refractivity contribution < 1.29 is 9.90 Å². The summed E-state index contributed by atoms with van der Waals surface area (Å²) in [6, 6.07) is 15.9. The van der Waals surface area contributed by atoms with Crippen molar-refractivity contribution in [2.45, 2.75) is 25.8 Å². The fraction of sp³-hybridized carbons (Fsp3) is 0.286. The Kier molecular flexibility index (Phi) is 5.19. The number of aliphatic hydroxyl groups excluding tert-OH is 1. The number of hydrogen-bond acceptors (Lipinski definition) is 2. The summed E-state index contributed by atoms with van der Waals surface area (Å²) < 4.78 is 0. The van der Waals surface area contributed by atoms with Crippen LogP contribution in [0.15, 0.2) is 54.7 Å². The maximum Gasteiger partial charge on any atom is 0.227 e. The molecule has 0 spiro atoms. The molecule has 1 unspecified atom stereocenters. The van der Waals surface area contributed by atoms with Gasteiger partial charge in [0.25, 0.3) is 0 Å². The second-order valence-electron chi connectivity index (χ2n) is 6.43. The number of fused-ring (bicyclic) bond motifs is 1. The van der Waals surface area contributed by atoms with Crippen LogP contribution in [0.2, 0.25) is 0 Å². The maximum absolute atomic E-state index is 12.9. The molecule has 2 aromatic carbocycles. The lowest BCUT2D eigenvalue weighted by Gasteiger charge is -2.28. The van der Waals surface area contributed by atoms with E-state index in [1.54, 1.807) is 4.90 Å². The van der Waals surface area contributed by atoms with Crippen molar-refractivity contribution in [2.24, 2.45) is 0 Å². The summed E-state index contributed by atoms with van der Waals surface area (Å²) in [6.45, 7) is 2.10. The Balaban J connectivity index is 1.82. The van der Waals surface area contributed by atoms with Gasteiger partial charge in [0.15, 0.2) is 0 Å². The molecule has 0 saturated carbocycles. The number of para-hydroxylation sites is 1. The Labute approximate surface area is 148 Å². The Bertz CT molecular complexity index is 855. The number of nitrogens with one attached hydrogen (secondary N) is 1. The summed E-state index contributed by atoms with van der Waals surface area (Å²) >= 11 is 0. The number of aliphatic hydroxyl groups is 1. The van der Waals surface area contributed by atoms with Gasteiger partial charge < -0.3 is 15.0 Å². The zero-order chi connectivity index (χ0) is 17.8. The SMILES string of the molecule is Cc1cccc2c(CC(=O)N(C)C(CCO)c3ccccc3)c[nH]c12. The molecule has 1 atom stereocenters. The highest BCUT2D eigenvalue weighted by atomic mass is 16.3. The zero-order valence-corrected chi connectivity index (χ0v) is 14.7. The van der Waals surface area contributed by atoms with Crippen LogP contribution in [-0.4, -0.2) is 34.6 Å². The molecule has 1 amide bonds. The van der Waals surface area contributed by atoms with Gasteiger partial charge >= 0.3 is 0 Å². The molecule has 0 aliphatic carbocycles. The average Bonchev–Trinajstić information content (AvgIpc) is 3.04. The fourth-order valence-corrected chi connectivity index (χ4v) is 3.35. The molecular formula is C21H24N2O2. The first-order valence-corrected chi connectivity index (χ1v) is 8.59. The van der Waals surface area contributed by atoms with E-state index >= 15 is 0 Å². The van der Waals surface area contributed by atoms with Gasteiger partial charge in [-0.3, -0.25) is 4.79 Å². The highest BCUT2D eigenvalue weighted by Gasteiger charge is 2.22. The Morgan fingerprint density at radius 3 is 2.64 bits per heavy atom. The van der Waals surface area contributed by atoms with Crippen LogP contribution in [0, 0.1) is 6.92 Å². The van der Waals surface area contributed by atoms with Crippen molar-refractivity contribution >= 4 is 16.8 Å². The number of nitrogens with zero attached hydrogens (tertiary/aromatic N) is 1. The summed E-state index contributed by atoms with van der Waals surface area (Å²) in [4.78, 5) is 17.9. The number of likely N-dealkylation sites (N-methyl/N-ethyl adjacent to an activating group) is 1. The minimum absolute atomic E-state index is 0.0451. The van der Waals surface area contributed by atoms with E-state index in [2.05, 4.69) is 18.0 Å². The predicted molar refractivity (Wildman–Crippen MR) is 100 cm³/mol. The van der Waals surface area contributed by atoms with Crippen LogP contribution in [0.4, 0.5) is 0 Å². The first kappa shape index (κ1) is 17.2. The minimum Gasteiger partial charge on any atom is -0.396 e. The molecule has 0 bridgehead atoms. The van der Waals surface area contributed by atoms with Crippen molar-refractivity contribution in [3.63, 3.8) is 0 Å². The smallest absolute Gasteiger partial charge is 0.227 e. The van der Waals surface area contributed by atoms with Crippen molar-refractivity contribution in [1.29, 1.82) is 0 Å². The van der Waals surface area contributed by atoms with Gasteiger partial charge in [0.1, 0.15) is 0 Å². The van der Waals surface area contributed by atoms with Gasteiger partial charge in [0.05, 0.1) is 12.5 Å². The van der Waals surface area contributed by atoms with E-state index in [0.717, 1.165) is 22.0 Å². The molecule has 3 aromatic rings.